The molecular formula is C19H19ClN2O3S2. The highest BCUT2D eigenvalue weighted by atomic mass is 35.5. The molecule has 27 heavy (non-hydrogen) atoms. The summed E-state index contributed by atoms with van der Waals surface area (Å²) in [5.41, 5.74) is 1.94. The second kappa shape index (κ2) is 9.30. The molecule has 8 heteroatoms. The molecule has 0 radical (unpaired) electrons. The molecule has 0 saturated heterocycles. The van der Waals surface area contributed by atoms with Crippen LogP contribution in [0.1, 0.15) is 5.56 Å². The Bertz CT molecular complexity index is 946. The van der Waals surface area contributed by atoms with Gasteiger partial charge in [-0.3, -0.25) is 4.79 Å². The summed E-state index contributed by atoms with van der Waals surface area (Å²) < 4.78 is 12.4. The van der Waals surface area contributed by atoms with Crippen LogP contribution in [0, 0.1) is 0 Å². The van der Waals surface area contributed by atoms with Crippen molar-refractivity contribution in [1.82, 2.24) is 10.3 Å². The number of nitrogens with zero attached hydrogens (tertiary/aromatic N) is 1. The second-order valence-corrected chi connectivity index (χ2v) is 8.36. The number of rotatable bonds is 8. The maximum atomic E-state index is 12.1. The summed E-state index contributed by atoms with van der Waals surface area (Å²) in [5, 5.41) is 3.60. The molecule has 0 spiro atoms. The zero-order valence-electron chi connectivity index (χ0n) is 15.0. The Kier molecular flexibility index (Phi) is 6.82. The fourth-order valence-corrected chi connectivity index (χ4v) is 4.55. The van der Waals surface area contributed by atoms with E-state index in [1.165, 1.54) is 11.8 Å². The Hall–Kier alpha value is -1.96. The van der Waals surface area contributed by atoms with Gasteiger partial charge in [-0.25, -0.2) is 4.98 Å². The van der Waals surface area contributed by atoms with E-state index in [1.54, 1.807) is 25.6 Å². The van der Waals surface area contributed by atoms with Crippen LogP contribution in [0.4, 0.5) is 0 Å². The molecular weight excluding hydrogens is 404 g/mol. The van der Waals surface area contributed by atoms with Gasteiger partial charge in [0.1, 0.15) is 0 Å². The topological polar surface area (TPSA) is 60.5 Å². The van der Waals surface area contributed by atoms with Gasteiger partial charge in [-0.05, 0) is 42.3 Å². The van der Waals surface area contributed by atoms with Crippen LogP contribution >= 0.6 is 34.7 Å². The van der Waals surface area contributed by atoms with Crippen LogP contribution in [0.2, 0.25) is 5.02 Å². The second-order valence-electron chi connectivity index (χ2n) is 5.67. The molecule has 1 N–H and O–H groups in total. The van der Waals surface area contributed by atoms with E-state index in [4.69, 9.17) is 21.1 Å². The number of thiazole rings is 1. The van der Waals surface area contributed by atoms with Crippen molar-refractivity contribution in [2.24, 2.45) is 0 Å². The van der Waals surface area contributed by atoms with E-state index in [-0.39, 0.29) is 5.91 Å². The highest BCUT2D eigenvalue weighted by Crippen LogP contribution is 2.31. The van der Waals surface area contributed by atoms with Crippen LogP contribution in [0.3, 0.4) is 0 Å². The third-order valence-electron chi connectivity index (χ3n) is 3.84. The number of thioether (sulfide) groups is 1. The number of halogens is 1. The number of hydrogen-bond donors (Lipinski definition) is 1. The minimum Gasteiger partial charge on any atom is -0.493 e. The maximum Gasteiger partial charge on any atom is 0.230 e. The molecule has 0 aliphatic heterocycles. The lowest BCUT2D eigenvalue weighted by Crippen LogP contribution is -2.27. The number of carbonyl (C=O) groups is 1. The van der Waals surface area contributed by atoms with E-state index >= 15 is 0 Å². The molecule has 2 aromatic carbocycles. The van der Waals surface area contributed by atoms with Gasteiger partial charge < -0.3 is 14.8 Å². The van der Waals surface area contributed by atoms with Crippen molar-refractivity contribution < 1.29 is 14.3 Å². The molecule has 142 valence electrons. The van der Waals surface area contributed by atoms with E-state index in [0.29, 0.717) is 28.8 Å². The van der Waals surface area contributed by atoms with Gasteiger partial charge in [0.25, 0.3) is 0 Å². The number of carbonyl (C=O) groups excluding carboxylic acids is 1. The predicted molar refractivity (Wildman–Crippen MR) is 112 cm³/mol. The van der Waals surface area contributed by atoms with E-state index in [0.717, 1.165) is 26.5 Å². The van der Waals surface area contributed by atoms with Crippen molar-refractivity contribution in [3.05, 3.63) is 47.0 Å². The summed E-state index contributed by atoms with van der Waals surface area (Å²) in [6, 6.07) is 11.4. The number of aromatic nitrogens is 1. The Morgan fingerprint density at radius 2 is 2.00 bits per heavy atom. The molecule has 0 bridgehead atoms. The van der Waals surface area contributed by atoms with Crippen LogP contribution in [-0.4, -0.2) is 37.4 Å². The molecule has 0 unspecified atom stereocenters. The molecule has 3 aromatic rings. The van der Waals surface area contributed by atoms with Gasteiger partial charge in [0.05, 0.1) is 30.2 Å². The molecule has 0 aliphatic carbocycles. The molecule has 5 nitrogen and oxygen atoms in total. The Labute approximate surface area is 171 Å². The zero-order valence-corrected chi connectivity index (χ0v) is 17.3. The summed E-state index contributed by atoms with van der Waals surface area (Å²) in [6.07, 6.45) is 0.719. The van der Waals surface area contributed by atoms with Crippen LogP contribution in [0.25, 0.3) is 10.2 Å². The number of methoxy groups -OCH3 is 2. The van der Waals surface area contributed by atoms with Crippen molar-refractivity contribution in [1.29, 1.82) is 0 Å². The van der Waals surface area contributed by atoms with Crippen LogP contribution in [-0.2, 0) is 11.2 Å². The Morgan fingerprint density at radius 3 is 2.78 bits per heavy atom. The fraction of sp³-hybridized carbons (Fsp3) is 0.263. The third kappa shape index (κ3) is 5.28. The first kappa shape index (κ1) is 19.8. The summed E-state index contributed by atoms with van der Waals surface area (Å²) in [4.78, 5) is 16.6. The van der Waals surface area contributed by atoms with Gasteiger partial charge in [0, 0.05) is 11.6 Å². The van der Waals surface area contributed by atoms with Gasteiger partial charge in [-0.1, -0.05) is 29.4 Å². The summed E-state index contributed by atoms with van der Waals surface area (Å²) in [7, 11) is 3.21. The van der Waals surface area contributed by atoms with Crippen molar-refractivity contribution in [2.45, 2.75) is 10.8 Å². The van der Waals surface area contributed by atoms with Crippen molar-refractivity contribution >= 4 is 50.8 Å². The third-order valence-corrected chi connectivity index (χ3v) is 6.25. The highest BCUT2D eigenvalue weighted by Gasteiger charge is 2.09. The number of fused-ring (bicyclic) bond motifs is 1. The minimum absolute atomic E-state index is 0.0160. The molecule has 1 heterocycles. The molecule has 0 saturated carbocycles. The summed E-state index contributed by atoms with van der Waals surface area (Å²) in [5.74, 6) is 1.70. The van der Waals surface area contributed by atoms with E-state index in [9.17, 15) is 4.79 Å². The first-order chi connectivity index (χ1) is 13.1. The first-order valence-corrected chi connectivity index (χ1v) is 10.4. The van der Waals surface area contributed by atoms with E-state index < -0.39 is 0 Å². The van der Waals surface area contributed by atoms with E-state index in [2.05, 4.69) is 10.3 Å². The summed E-state index contributed by atoms with van der Waals surface area (Å²) in [6.45, 7) is 0.560. The zero-order chi connectivity index (χ0) is 19.2. The number of amides is 1. The van der Waals surface area contributed by atoms with Crippen molar-refractivity contribution in [2.75, 3.05) is 26.5 Å². The standard InChI is InChI=1S/C19H19ClN2O3S2/c1-24-15-5-3-12(9-16(15)25-2)7-8-21-18(23)11-26-19-22-14-10-13(20)4-6-17(14)27-19/h3-6,9-10H,7-8,11H2,1-2H3,(H,21,23). The monoisotopic (exact) mass is 422 g/mol. The maximum absolute atomic E-state index is 12.1. The largest absolute Gasteiger partial charge is 0.493 e. The van der Waals surface area contributed by atoms with Gasteiger partial charge >= 0.3 is 0 Å². The first-order valence-electron chi connectivity index (χ1n) is 8.25. The van der Waals surface area contributed by atoms with Crippen LogP contribution in [0.15, 0.2) is 40.7 Å². The normalized spacial score (nSPS) is 10.8. The molecule has 1 amide bonds. The van der Waals surface area contributed by atoms with E-state index in [1.807, 2.05) is 36.4 Å². The smallest absolute Gasteiger partial charge is 0.230 e. The Morgan fingerprint density at radius 1 is 1.19 bits per heavy atom. The molecule has 1 aromatic heterocycles. The number of nitrogens with one attached hydrogen (secondary N) is 1. The lowest BCUT2D eigenvalue weighted by Gasteiger charge is -2.10. The van der Waals surface area contributed by atoms with Gasteiger partial charge in [-0.2, -0.15) is 0 Å². The Balaban J connectivity index is 1.46. The van der Waals surface area contributed by atoms with Gasteiger partial charge in [-0.15, -0.1) is 11.3 Å². The molecule has 0 fully saturated rings. The fourth-order valence-electron chi connectivity index (χ4n) is 2.50. The highest BCUT2D eigenvalue weighted by molar-refractivity contribution is 8.01. The van der Waals surface area contributed by atoms with Crippen LogP contribution in [0.5, 0.6) is 11.5 Å². The van der Waals surface area contributed by atoms with Gasteiger partial charge in [0.2, 0.25) is 5.91 Å². The number of ether oxygens (including phenoxy) is 2. The molecule has 3 rings (SSSR count). The van der Waals surface area contributed by atoms with Crippen LogP contribution < -0.4 is 14.8 Å². The number of hydrogen-bond acceptors (Lipinski definition) is 6. The number of benzene rings is 2. The van der Waals surface area contributed by atoms with Gasteiger partial charge in [0.15, 0.2) is 15.8 Å². The summed E-state index contributed by atoms with van der Waals surface area (Å²) >= 11 is 8.97. The molecule has 0 atom stereocenters. The SMILES string of the molecule is COc1ccc(CCNC(=O)CSc2nc3cc(Cl)ccc3s2)cc1OC. The average molecular weight is 423 g/mol. The average Bonchev–Trinajstić information content (AvgIpc) is 3.08. The quantitative estimate of drug-likeness (QED) is 0.544. The minimum atomic E-state index is -0.0160. The predicted octanol–water partition coefficient (Wildman–Crippen LogP) is 4.42. The molecule has 0 aliphatic rings. The lowest BCUT2D eigenvalue weighted by atomic mass is 10.1. The lowest BCUT2D eigenvalue weighted by molar-refractivity contribution is -0.118. The van der Waals surface area contributed by atoms with Crippen molar-refractivity contribution in [3.8, 4) is 11.5 Å². The van der Waals surface area contributed by atoms with Crippen molar-refractivity contribution in [3.63, 3.8) is 0 Å².